The van der Waals surface area contributed by atoms with E-state index < -0.39 is 35.9 Å². The SMILES string of the molecule is CC(=O)Nc1ccc(C=Cc2ccc(N=C=S)cc2S(=O)(=O)O)c(S(=O)(=O)O)c1.N=C=S.c1ccc2nc3ccccc3cc2c1.c1ccc2nc3ccccc3cc2c1. The molecule has 2 heterocycles. The minimum absolute atomic E-state index is 0.0175. The lowest BCUT2D eigenvalue weighted by Gasteiger charge is -2.08. The van der Waals surface area contributed by atoms with Crippen LogP contribution in [0.1, 0.15) is 18.1 Å². The molecule has 0 saturated heterocycles. The lowest BCUT2D eigenvalue weighted by molar-refractivity contribution is -0.114. The van der Waals surface area contributed by atoms with Crippen molar-refractivity contribution in [2.75, 3.05) is 5.32 Å². The van der Waals surface area contributed by atoms with Crippen molar-refractivity contribution in [3.8, 4) is 0 Å². The number of nitrogens with zero attached hydrogens (tertiary/aromatic N) is 3. The first-order chi connectivity index (χ1) is 28.7. The highest BCUT2D eigenvalue weighted by atomic mass is 32.2. The van der Waals surface area contributed by atoms with Gasteiger partial charge in [0.2, 0.25) is 5.91 Å². The van der Waals surface area contributed by atoms with Crippen LogP contribution < -0.4 is 5.32 Å². The molecule has 2 aromatic heterocycles. The number of hydrogen-bond acceptors (Lipinski definition) is 11. The zero-order chi connectivity index (χ0) is 43.3. The fraction of sp³-hybridized carbons (Fsp3) is 0.0227. The van der Waals surface area contributed by atoms with Gasteiger partial charge < -0.3 is 5.32 Å². The second kappa shape index (κ2) is 20.3. The maximum absolute atomic E-state index is 11.7. The Labute approximate surface area is 356 Å². The Morgan fingerprint density at radius 1 is 0.617 bits per heavy atom. The molecule has 6 aromatic carbocycles. The number of para-hydroxylation sites is 4. The zero-order valence-corrected chi connectivity index (χ0v) is 34.7. The largest absolute Gasteiger partial charge is 0.326 e. The minimum atomic E-state index is -4.65. The minimum Gasteiger partial charge on any atom is -0.326 e. The predicted octanol–water partition coefficient (Wildman–Crippen LogP) is 10.5. The van der Waals surface area contributed by atoms with Crippen LogP contribution in [0.2, 0.25) is 0 Å². The Morgan fingerprint density at radius 2 is 0.983 bits per heavy atom. The molecule has 0 saturated carbocycles. The molecule has 12 nitrogen and oxygen atoms in total. The molecule has 0 spiro atoms. The highest BCUT2D eigenvalue weighted by Crippen LogP contribution is 2.27. The van der Waals surface area contributed by atoms with Gasteiger partial charge in [0, 0.05) is 34.2 Å². The van der Waals surface area contributed by atoms with E-state index >= 15 is 0 Å². The van der Waals surface area contributed by atoms with Crippen LogP contribution in [-0.2, 0) is 25.0 Å². The Balaban J connectivity index is 0.000000181. The van der Waals surface area contributed by atoms with E-state index in [-0.39, 0.29) is 22.5 Å². The predicted molar refractivity (Wildman–Crippen MR) is 244 cm³/mol. The normalized spacial score (nSPS) is 10.9. The van der Waals surface area contributed by atoms with Crippen LogP contribution in [0, 0.1) is 5.41 Å². The maximum Gasteiger partial charge on any atom is 0.295 e. The van der Waals surface area contributed by atoms with E-state index in [9.17, 15) is 30.7 Å². The molecule has 0 aliphatic rings. The van der Waals surface area contributed by atoms with Gasteiger partial charge in [-0.25, -0.2) is 15.4 Å². The summed E-state index contributed by atoms with van der Waals surface area (Å²) in [6.07, 6.45) is 2.46. The van der Waals surface area contributed by atoms with E-state index in [2.05, 4.69) is 86.3 Å². The summed E-state index contributed by atoms with van der Waals surface area (Å²) < 4.78 is 65.6. The lowest BCUT2D eigenvalue weighted by Crippen LogP contribution is -2.08. The van der Waals surface area contributed by atoms with Gasteiger partial charge in [-0.05, 0) is 96.2 Å². The summed E-state index contributed by atoms with van der Waals surface area (Å²) in [5.41, 5.74) is 4.58. The molecular weight excluding hydrogens is 839 g/mol. The van der Waals surface area contributed by atoms with Gasteiger partial charge >= 0.3 is 0 Å². The number of isothiocyanates is 2. The number of amides is 1. The van der Waals surface area contributed by atoms with Gasteiger partial charge in [-0.2, -0.15) is 21.8 Å². The number of pyridine rings is 2. The third-order valence-corrected chi connectivity index (χ3v) is 10.3. The molecule has 0 radical (unpaired) electrons. The maximum atomic E-state index is 11.7. The number of carbonyl (C=O) groups excluding carboxylic acids is 1. The van der Waals surface area contributed by atoms with E-state index in [0.29, 0.717) is 0 Å². The number of aromatic nitrogens is 2. The topological polar surface area (TPSA) is 200 Å². The molecule has 0 aliphatic carbocycles. The second-order valence-corrected chi connectivity index (χ2v) is 15.7. The number of carbonyl (C=O) groups is 1. The molecule has 8 aromatic rings. The molecule has 1 amide bonds. The van der Waals surface area contributed by atoms with Crippen LogP contribution in [0.25, 0.3) is 55.8 Å². The summed E-state index contributed by atoms with van der Waals surface area (Å²) in [5.74, 6) is -0.438. The number of fused-ring (bicyclic) bond motifs is 4. The number of hydrogen-bond donors (Lipinski definition) is 4. The number of nitrogens with one attached hydrogen (secondary N) is 2. The molecule has 60 heavy (non-hydrogen) atoms. The standard InChI is InChI=1S/C17H14N2O7S3.2C13H9N.CHNS/c1-11(20)19-15-7-5-13(17(9-15)29(24,25)26)3-2-12-4-6-14(18-10-27)8-16(12)28(21,22)23;2*1-3-7-12-10(5-1)9-11-6-2-4-8-13(11)14-12;2-1-3/h2-9H,1H3,(H,19,20)(H,21,22,23)(H,24,25,26);2*1-9H;2H. The average Bonchev–Trinajstić information content (AvgIpc) is 3.22. The van der Waals surface area contributed by atoms with Crippen molar-refractivity contribution >= 4 is 128 Å². The van der Waals surface area contributed by atoms with E-state index in [4.69, 9.17) is 5.41 Å². The number of rotatable bonds is 6. The Hall–Kier alpha value is -6.71. The van der Waals surface area contributed by atoms with Gasteiger partial charge in [0.05, 0.1) is 38.1 Å². The van der Waals surface area contributed by atoms with E-state index in [1.165, 1.54) is 64.9 Å². The molecule has 0 atom stereocenters. The highest BCUT2D eigenvalue weighted by Gasteiger charge is 2.17. The summed E-state index contributed by atoms with van der Waals surface area (Å²) in [6, 6.07) is 44.7. The van der Waals surface area contributed by atoms with Crippen molar-refractivity contribution < 1.29 is 30.7 Å². The van der Waals surface area contributed by atoms with Crippen LogP contribution in [0.4, 0.5) is 11.4 Å². The molecule has 0 aliphatic heterocycles. The van der Waals surface area contributed by atoms with Crippen LogP contribution in [0.3, 0.4) is 0 Å². The van der Waals surface area contributed by atoms with Crippen LogP contribution in [0.15, 0.2) is 160 Å². The summed E-state index contributed by atoms with van der Waals surface area (Å²) in [6.45, 7) is 1.23. The van der Waals surface area contributed by atoms with Crippen molar-refractivity contribution in [1.29, 1.82) is 5.41 Å². The fourth-order valence-electron chi connectivity index (χ4n) is 5.80. The van der Waals surface area contributed by atoms with E-state index in [1.54, 1.807) is 5.16 Å². The van der Waals surface area contributed by atoms with Gasteiger partial charge in [0.25, 0.3) is 20.2 Å². The van der Waals surface area contributed by atoms with Gasteiger partial charge in [-0.1, -0.05) is 97.1 Å². The van der Waals surface area contributed by atoms with Crippen LogP contribution in [0.5, 0.6) is 0 Å². The lowest BCUT2D eigenvalue weighted by atomic mass is 10.1. The van der Waals surface area contributed by atoms with Crippen molar-refractivity contribution in [3.63, 3.8) is 0 Å². The molecule has 0 bridgehead atoms. The van der Waals surface area contributed by atoms with Crippen LogP contribution >= 0.6 is 24.4 Å². The van der Waals surface area contributed by atoms with Gasteiger partial charge in [0.15, 0.2) is 0 Å². The molecular formula is C44H33N5O7S4. The molecule has 0 unspecified atom stereocenters. The summed E-state index contributed by atoms with van der Waals surface area (Å²) in [4.78, 5) is 22.9. The first-order valence-electron chi connectivity index (χ1n) is 17.5. The average molecular weight is 872 g/mol. The number of aliphatic imine (C=N–C) groups is 1. The monoisotopic (exact) mass is 871 g/mol. The number of anilines is 1. The molecule has 8 rings (SSSR count). The van der Waals surface area contributed by atoms with Crippen molar-refractivity contribution in [3.05, 3.63) is 157 Å². The first kappa shape index (κ1) is 44.4. The number of benzene rings is 6. The fourth-order valence-corrected chi connectivity index (χ4v) is 7.32. The summed E-state index contributed by atoms with van der Waals surface area (Å²) in [5, 5.41) is 16.6. The van der Waals surface area contributed by atoms with E-state index in [0.717, 1.165) is 34.2 Å². The third kappa shape index (κ3) is 12.2. The molecule has 4 N–H and O–H groups in total. The Kier molecular flexibility index (Phi) is 15.0. The Bertz CT molecular complexity index is 2900. The number of thiocarbonyl (C=S) groups is 2. The summed E-state index contributed by atoms with van der Waals surface area (Å²) in [7, 11) is -9.28. The van der Waals surface area contributed by atoms with Crippen molar-refractivity contribution in [2.24, 2.45) is 4.99 Å². The molecule has 16 heteroatoms. The zero-order valence-electron chi connectivity index (χ0n) is 31.4. The Morgan fingerprint density at radius 3 is 1.35 bits per heavy atom. The van der Waals surface area contributed by atoms with Gasteiger partial charge in [0.1, 0.15) is 9.79 Å². The quantitative estimate of drug-likeness (QED) is 0.0407. The van der Waals surface area contributed by atoms with Gasteiger partial charge in [-0.3, -0.25) is 13.9 Å². The third-order valence-electron chi connectivity index (χ3n) is 8.35. The highest BCUT2D eigenvalue weighted by molar-refractivity contribution is 7.86. The second-order valence-electron chi connectivity index (χ2n) is 12.5. The van der Waals surface area contributed by atoms with Crippen molar-refractivity contribution in [1.82, 2.24) is 9.97 Å². The smallest absolute Gasteiger partial charge is 0.295 e. The van der Waals surface area contributed by atoms with Crippen LogP contribution in [-0.4, -0.2) is 52.1 Å². The van der Waals surface area contributed by atoms with Crippen molar-refractivity contribution in [2.45, 2.75) is 16.7 Å². The summed E-state index contributed by atoms with van der Waals surface area (Å²) >= 11 is 8.27. The molecule has 300 valence electrons. The van der Waals surface area contributed by atoms with E-state index in [1.807, 2.05) is 72.8 Å². The van der Waals surface area contributed by atoms with Gasteiger partial charge in [-0.15, -0.1) is 0 Å². The molecule has 0 fully saturated rings. The first-order valence-corrected chi connectivity index (χ1v) is 21.2.